The predicted molar refractivity (Wildman–Crippen MR) is 54.6 cm³/mol. The number of nitrogens with one attached hydrogen (secondary N) is 1. The molecule has 1 N–H and O–H groups in total. The molecule has 0 aromatic carbocycles. The van der Waals surface area contributed by atoms with Crippen LogP contribution in [0.5, 0.6) is 0 Å². The Bertz CT molecular complexity index is 218. The summed E-state index contributed by atoms with van der Waals surface area (Å²) in [6.45, 7) is 6.55. The lowest BCUT2D eigenvalue weighted by Gasteiger charge is -2.17. The van der Waals surface area contributed by atoms with Gasteiger partial charge >= 0.3 is 0 Å². The zero-order valence-corrected chi connectivity index (χ0v) is 8.71. The summed E-state index contributed by atoms with van der Waals surface area (Å²) >= 11 is 0. The van der Waals surface area contributed by atoms with Crippen LogP contribution in [0.15, 0.2) is 22.8 Å². The molecule has 1 rings (SSSR count). The second-order valence-electron chi connectivity index (χ2n) is 3.59. The van der Waals surface area contributed by atoms with Gasteiger partial charge in [0.2, 0.25) is 0 Å². The van der Waals surface area contributed by atoms with Gasteiger partial charge in [-0.2, -0.15) is 0 Å². The smallest absolute Gasteiger partial charge is 0.120 e. The summed E-state index contributed by atoms with van der Waals surface area (Å²) in [5.41, 5.74) is 0. The summed E-state index contributed by atoms with van der Waals surface area (Å²) in [4.78, 5) is 0. The molecule has 0 fully saturated rings. The highest BCUT2D eigenvalue weighted by Crippen LogP contribution is 2.13. The molecule has 2 atom stereocenters. The summed E-state index contributed by atoms with van der Waals surface area (Å²) in [6.07, 6.45) is 4.15. The lowest BCUT2D eigenvalue weighted by Crippen LogP contribution is -2.28. The van der Waals surface area contributed by atoms with E-state index >= 15 is 0 Å². The van der Waals surface area contributed by atoms with Gasteiger partial charge in [0.1, 0.15) is 5.76 Å². The topological polar surface area (TPSA) is 25.2 Å². The van der Waals surface area contributed by atoms with Crippen LogP contribution >= 0.6 is 0 Å². The molecule has 13 heavy (non-hydrogen) atoms. The van der Waals surface area contributed by atoms with E-state index in [9.17, 15) is 0 Å². The average molecular weight is 181 g/mol. The zero-order chi connectivity index (χ0) is 9.68. The minimum atomic E-state index is 0.316. The van der Waals surface area contributed by atoms with Crippen LogP contribution in [0, 0.1) is 0 Å². The van der Waals surface area contributed by atoms with Crippen molar-refractivity contribution in [3.8, 4) is 0 Å². The third kappa shape index (κ3) is 3.23. The fourth-order valence-corrected chi connectivity index (χ4v) is 1.56. The van der Waals surface area contributed by atoms with Crippen LogP contribution in [0.4, 0.5) is 0 Å². The second kappa shape index (κ2) is 5.07. The fourth-order valence-electron chi connectivity index (χ4n) is 1.56. The van der Waals surface area contributed by atoms with E-state index in [-0.39, 0.29) is 0 Å². The van der Waals surface area contributed by atoms with Crippen molar-refractivity contribution in [2.24, 2.45) is 0 Å². The Balaban J connectivity index is 2.37. The van der Waals surface area contributed by atoms with Crippen molar-refractivity contribution in [3.63, 3.8) is 0 Å². The third-order valence-electron chi connectivity index (χ3n) is 2.23. The summed E-state index contributed by atoms with van der Waals surface area (Å²) in [6, 6.07) is 4.82. The maximum Gasteiger partial charge on any atom is 0.120 e. The summed E-state index contributed by atoms with van der Waals surface area (Å²) in [5, 5.41) is 3.49. The lowest BCUT2D eigenvalue weighted by molar-refractivity contribution is 0.387. The molecule has 0 bridgehead atoms. The molecule has 2 nitrogen and oxygen atoms in total. The average Bonchev–Trinajstić information content (AvgIpc) is 2.55. The largest absolute Gasteiger partial charge is 0.468 e. The van der Waals surface area contributed by atoms with Gasteiger partial charge in [-0.3, -0.25) is 0 Å². The van der Waals surface area contributed by atoms with Gasteiger partial charge < -0.3 is 9.73 Å². The molecule has 0 aliphatic heterocycles. The van der Waals surface area contributed by atoms with Gasteiger partial charge in [0.15, 0.2) is 0 Å². The molecule has 0 amide bonds. The van der Waals surface area contributed by atoms with Crippen molar-refractivity contribution in [1.82, 2.24) is 5.32 Å². The van der Waals surface area contributed by atoms with Crippen LogP contribution in [0.3, 0.4) is 0 Å². The van der Waals surface area contributed by atoms with Crippen molar-refractivity contribution in [2.45, 2.75) is 45.7 Å². The first-order valence-corrected chi connectivity index (χ1v) is 5.03. The van der Waals surface area contributed by atoms with Crippen molar-refractivity contribution < 1.29 is 4.42 Å². The number of rotatable bonds is 5. The Hall–Kier alpha value is -0.760. The van der Waals surface area contributed by atoms with Gasteiger partial charge in [-0.25, -0.2) is 0 Å². The Kier molecular flexibility index (Phi) is 4.03. The van der Waals surface area contributed by atoms with Gasteiger partial charge in [-0.1, -0.05) is 13.3 Å². The van der Waals surface area contributed by atoms with E-state index in [1.165, 1.54) is 12.8 Å². The van der Waals surface area contributed by atoms with Crippen molar-refractivity contribution in [3.05, 3.63) is 24.2 Å². The number of hydrogen-bond donors (Lipinski definition) is 1. The molecular formula is C11H19NO. The predicted octanol–water partition coefficient (Wildman–Crippen LogP) is 3.12. The number of hydrogen-bond acceptors (Lipinski definition) is 2. The van der Waals surface area contributed by atoms with Crippen LogP contribution in [0.25, 0.3) is 0 Å². The molecule has 0 spiro atoms. The monoisotopic (exact) mass is 181 g/mol. The minimum absolute atomic E-state index is 0.316. The van der Waals surface area contributed by atoms with Crippen LogP contribution in [-0.4, -0.2) is 6.04 Å². The molecule has 0 radical (unpaired) electrons. The van der Waals surface area contributed by atoms with Crippen LogP contribution in [-0.2, 0) is 0 Å². The summed E-state index contributed by atoms with van der Waals surface area (Å²) < 4.78 is 5.31. The molecule has 1 aromatic rings. The van der Waals surface area contributed by atoms with Crippen LogP contribution in [0.2, 0.25) is 0 Å². The Labute approximate surface area is 80.3 Å². The quantitative estimate of drug-likeness (QED) is 0.755. The zero-order valence-electron chi connectivity index (χ0n) is 8.71. The SMILES string of the molecule is CCCC(C)N[C@H](C)c1ccco1. The first-order valence-electron chi connectivity index (χ1n) is 5.03. The molecule has 1 aromatic heterocycles. The van der Waals surface area contributed by atoms with E-state index < -0.39 is 0 Å². The highest BCUT2D eigenvalue weighted by Gasteiger charge is 2.10. The van der Waals surface area contributed by atoms with Gasteiger partial charge in [0.05, 0.1) is 12.3 Å². The van der Waals surface area contributed by atoms with Crippen LogP contribution < -0.4 is 5.32 Å². The molecule has 0 saturated carbocycles. The second-order valence-corrected chi connectivity index (χ2v) is 3.59. The Morgan fingerprint density at radius 2 is 2.23 bits per heavy atom. The van der Waals surface area contributed by atoms with Gasteiger partial charge in [-0.15, -0.1) is 0 Å². The highest BCUT2D eigenvalue weighted by atomic mass is 16.3. The van der Waals surface area contributed by atoms with E-state index in [1.54, 1.807) is 6.26 Å². The molecule has 0 saturated heterocycles. The van der Waals surface area contributed by atoms with Gasteiger partial charge in [0, 0.05) is 6.04 Å². The van der Waals surface area contributed by atoms with E-state index in [2.05, 4.69) is 26.1 Å². The minimum Gasteiger partial charge on any atom is -0.468 e. The Morgan fingerprint density at radius 3 is 2.77 bits per heavy atom. The first-order chi connectivity index (χ1) is 6.24. The van der Waals surface area contributed by atoms with Crippen molar-refractivity contribution in [1.29, 1.82) is 0 Å². The van der Waals surface area contributed by atoms with E-state index in [0.717, 1.165) is 5.76 Å². The van der Waals surface area contributed by atoms with Gasteiger partial charge in [0.25, 0.3) is 0 Å². The molecule has 0 aliphatic rings. The molecular weight excluding hydrogens is 162 g/mol. The summed E-state index contributed by atoms with van der Waals surface area (Å²) in [5.74, 6) is 1.02. The maximum atomic E-state index is 5.31. The molecule has 1 heterocycles. The van der Waals surface area contributed by atoms with Gasteiger partial charge in [-0.05, 0) is 32.4 Å². The molecule has 2 heteroatoms. The van der Waals surface area contributed by atoms with E-state index in [0.29, 0.717) is 12.1 Å². The molecule has 74 valence electrons. The number of furan rings is 1. The Morgan fingerprint density at radius 1 is 1.46 bits per heavy atom. The summed E-state index contributed by atoms with van der Waals surface area (Å²) in [7, 11) is 0. The fraction of sp³-hybridized carbons (Fsp3) is 0.636. The van der Waals surface area contributed by atoms with E-state index in [1.807, 2.05) is 12.1 Å². The lowest BCUT2D eigenvalue weighted by atomic mass is 10.1. The normalized spacial score (nSPS) is 15.6. The van der Waals surface area contributed by atoms with Crippen molar-refractivity contribution >= 4 is 0 Å². The van der Waals surface area contributed by atoms with Crippen molar-refractivity contribution in [2.75, 3.05) is 0 Å². The molecule has 1 unspecified atom stereocenters. The molecule has 0 aliphatic carbocycles. The van der Waals surface area contributed by atoms with E-state index in [4.69, 9.17) is 4.42 Å². The highest BCUT2D eigenvalue weighted by molar-refractivity contribution is 5.03. The maximum absolute atomic E-state index is 5.31. The first kappa shape index (κ1) is 10.3. The van der Waals surface area contributed by atoms with Crippen LogP contribution in [0.1, 0.15) is 45.4 Å². The standard InChI is InChI=1S/C11H19NO/c1-4-6-9(2)12-10(3)11-7-5-8-13-11/h5,7-10,12H,4,6H2,1-3H3/t9?,10-/m1/s1. The third-order valence-corrected chi connectivity index (χ3v) is 2.23.